The number of halogens is 2. The van der Waals surface area contributed by atoms with Crippen molar-refractivity contribution in [2.45, 2.75) is 62.0 Å². The second-order valence-corrected chi connectivity index (χ2v) is 12.0. The Balaban J connectivity index is 1.42. The lowest BCUT2D eigenvalue weighted by Crippen LogP contribution is -2.57. The largest absolute Gasteiger partial charge is 0.389 e. The summed E-state index contributed by atoms with van der Waals surface area (Å²) in [5.41, 5.74) is 1.78. The van der Waals surface area contributed by atoms with Gasteiger partial charge in [0.1, 0.15) is 0 Å². The van der Waals surface area contributed by atoms with E-state index in [0.29, 0.717) is 29.4 Å². The molecule has 2 heterocycles. The van der Waals surface area contributed by atoms with Gasteiger partial charge in [-0.05, 0) is 49.6 Å². The number of fused-ring (bicyclic) bond motifs is 1. The summed E-state index contributed by atoms with van der Waals surface area (Å²) in [5, 5.41) is 14.1. The minimum atomic E-state index is -3.87. The van der Waals surface area contributed by atoms with Gasteiger partial charge >= 0.3 is 0 Å². The predicted octanol–water partition coefficient (Wildman–Crippen LogP) is 3.31. The highest BCUT2D eigenvalue weighted by Gasteiger charge is 2.43. The van der Waals surface area contributed by atoms with Crippen molar-refractivity contribution in [3.05, 3.63) is 63.6 Å². The Morgan fingerprint density at radius 1 is 1.11 bits per heavy atom. The van der Waals surface area contributed by atoms with E-state index in [2.05, 4.69) is 5.32 Å². The van der Waals surface area contributed by atoms with Gasteiger partial charge in [-0.25, -0.2) is 8.42 Å². The van der Waals surface area contributed by atoms with E-state index in [4.69, 9.17) is 32.7 Å². The van der Waals surface area contributed by atoms with Crippen LogP contribution < -0.4 is 5.32 Å². The fourth-order valence-corrected chi connectivity index (χ4v) is 6.58. The molecule has 11 heteroatoms. The maximum Gasteiger partial charge on any atom is 0.243 e. The summed E-state index contributed by atoms with van der Waals surface area (Å²) in [5.74, 6) is -0.184. The molecule has 0 radical (unpaired) electrons. The highest BCUT2D eigenvalue weighted by molar-refractivity contribution is 7.89. The zero-order valence-corrected chi connectivity index (χ0v) is 22.2. The van der Waals surface area contributed by atoms with Gasteiger partial charge in [-0.15, -0.1) is 0 Å². The van der Waals surface area contributed by atoms with Crippen molar-refractivity contribution in [2.24, 2.45) is 0 Å². The third-order valence-electron chi connectivity index (χ3n) is 6.45. The number of amides is 1. The molecule has 0 aliphatic carbocycles. The predicted molar refractivity (Wildman–Crippen MR) is 137 cm³/mol. The lowest BCUT2D eigenvalue weighted by atomic mass is 9.96. The summed E-state index contributed by atoms with van der Waals surface area (Å²) >= 11 is 12.0. The average molecular weight is 557 g/mol. The number of nitrogens with zero attached hydrogens (tertiary/aromatic N) is 1. The molecule has 0 aromatic heterocycles. The van der Waals surface area contributed by atoms with Crippen molar-refractivity contribution in [3.63, 3.8) is 0 Å². The van der Waals surface area contributed by atoms with Crippen molar-refractivity contribution >= 4 is 39.1 Å². The highest BCUT2D eigenvalue weighted by Crippen LogP contribution is 2.31. The van der Waals surface area contributed by atoms with Crippen LogP contribution in [0.1, 0.15) is 30.4 Å². The molecule has 0 unspecified atom stereocenters. The average Bonchev–Trinajstić information content (AvgIpc) is 2.83. The van der Waals surface area contributed by atoms with Gasteiger partial charge in [-0.2, -0.15) is 4.31 Å². The maximum atomic E-state index is 13.5. The van der Waals surface area contributed by atoms with Gasteiger partial charge < -0.3 is 19.9 Å². The number of carbonyl (C=O) groups excluding carboxylic acids is 1. The highest BCUT2D eigenvalue weighted by atomic mass is 35.5. The van der Waals surface area contributed by atoms with Crippen molar-refractivity contribution in [3.8, 4) is 0 Å². The molecule has 0 spiro atoms. The van der Waals surface area contributed by atoms with Crippen LogP contribution in [0.2, 0.25) is 10.0 Å². The Morgan fingerprint density at radius 3 is 2.58 bits per heavy atom. The molecule has 2 saturated heterocycles. The number of hydrogen-bond acceptors (Lipinski definition) is 6. The fraction of sp³-hybridized carbons (Fsp3) is 0.480. The summed E-state index contributed by atoms with van der Waals surface area (Å²) in [6, 6.07) is 11.3. The second-order valence-electron chi connectivity index (χ2n) is 9.25. The smallest absolute Gasteiger partial charge is 0.243 e. The summed E-state index contributed by atoms with van der Waals surface area (Å²) in [7, 11) is -3.87. The lowest BCUT2D eigenvalue weighted by molar-refractivity contribution is -0.146. The SMILES string of the molecule is Cc1ccc(S(=O)(=O)N2C[C@H](O)COC[C@@H]3O[C@H](CC(=O)NCc4ccc(Cl)c(Cl)c4)CC[C@H]32)cc1. The number of aliphatic hydroxyl groups is 1. The third-order valence-corrected chi connectivity index (χ3v) is 9.09. The van der Waals surface area contributed by atoms with Gasteiger partial charge in [-0.1, -0.05) is 47.0 Å². The molecule has 2 fully saturated rings. The molecule has 2 aliphatic rings. The molecule has 36 heavy (non-hydrogen) atoms. The van der Waals surface area contributed by atoms with Gasteiger partial charge in [0.15, 0.2) is 0 Å². The Hall–Kier alpha value is -1.72. The van der Waals surface area contributed by atoms with Crippen molar-refractivity contribution < 1.29 is 27.8 Å². The molecule has 1 amide bonds. The van der Waals surface area contributed by atoms with Crippen LogP contribution in [-0.2, 0) is 30.8 Å². The van der Waals surface area contributed by atoms with Crippen LogP contribution in [0.5, 0.6) is 0 Å². The van der Waals surface area contributed by atoms with Crippen LogP contribution in [0.4, 0.5) is 0 Å². The van der Waals surface area contributed by atoms with E-state index in [9.17, 15) is 18.3 Å². The molecule has 0 saturated carbocycles. The normalized spacial score (nSPS) is 25.4. The number of nitrogens with one attached hydrogen (secondary N) is 1. The molecule has 196 valence electrons. The van der Waals surface area contributed by atoms with Crippen molar-refractivity contribution in [1.82, 2.24) is 9.62 Å². The van der Waals surface area contributed by atoms with E-state index in [1.54, 1.807) is 42.5 Å². The third kappa shape index (κ3) is 6.58. The maximum absolute atomic E-state index is 13.5. The number of rotatable bonds is 6. The van der Waals surface area contributed by atoms with E-state index in [1.807, 2.05) is 6.92 Å². The minimum absolute atomic E-state index is 0.00129. The number of aliphatic hydroxyl groups excluding tert-OH is 1. The van der Waals surface area contributed by atoms with E-state index < -0.39 is 28.3 Å². The van der Waals surface area contributed by atoms with E-state index >= 15 is 0 Å². The number of β-amino-alcohol motifs (C(OH)–C–C–N with tert-alkyl or cyclic N) is 1. The van der Waals surface area contributed by atoms with E-state index in [1.165, 1.54) is 4.31 Å². The molecular weight excluding hydrogens is 527 g/mol. The van der Waals surface area contributed by atoms with E-state index in [0.717, 1.165) is 11.1 Å². The van der Waals surface area contributed by atoms with Gasteiger partial charge in [-0.3, -0.25) is 4.79 Å². The van der Waals surface area contributed by atoms with Gasteiger partial charge in [0.2, 0.25) is 15.9 Å². The molecular formula is C25H30Cl2N2O6S. The number of carbonyl (C=O) groups is 1. The molecule has 2 aliphatic heterocycles. The molecule has 2 aromatic rings. The number of aryl methyl sites for hydroxylation is 1. The standard InChI is InChI=1S/C25H30Cl2N2O6S/c1-16-2-6-20(7-3-16)36(32,33)29-13-18(30)14-34-15-24-23(29)9-5-19(35-24)11-25(31)28-12-17-4-8-21(26)22(27)10-17/h2-4,6-8,10,18-19,23-24,30H,5,9,11-15H2,1H3,(H,28,31)/t18-,19-,23+,24-/m0/s1. The quantitative estimate of drug-likeness (QED) is 0.565. The zero-order chi connectivity index (χ0) is 25.9. The van der Waals surface area contributed by atoms with Crippen molar-refractivity contribution in [2.75, 3.05) is 19.8 Å². The Morgan fingerprint density at radius 2 is 1.86 bits per heavy atom. The monoisotopic (exact) mass is 556 g/mol. The second kappa shape index (κ2) is 11.8. The first kappa shape index (κ1) is 27.3. The number of hydrogen-bond donors (Lipinski definition) is 2. The van der Waals surface area contributed by atoms with Crippen LogP contribution in [0.25, 0.3) is 0 Å². The lowest BCUT2D eigenvalue weighted by Gasteiger charge is -2.43. The molecule has 2 N–H and O–H groups in total. The van der Waals surface area contributed by atoms with Crippen LogP contribution in [0.3, 0.4) is 0 Å². The molecule has 4 atom stereocenters. The Kier molecular flexibility index (Phi) is 8.93. The summed E-state index contributed by atoms with van der Waals surface area (Å²) < 4.78 is 40.2. The van der Waals surface area contributed by atoms with E-state index in [-0.39, 0.29) is 43.1 Å². The molecule has 2 aromatic carbocycles. The zero-order valence-electron chi connectivity index (χ0n) is 19.9. The molecule has 8 nitrogen and oxygen atoms in total. The van der Waals surface area contributed by atoms with Gasteiger partial charge in [0.05, 0.1) is 58.9 Å². The fourth-order valence-electron chi connectivity index (χ4n) is 4.55. The van der Waals surface area contributed by atoms with Gasteiger partial charge in [0, 0.05) is 13.1 Å². The van der Waals surface area contributed by atoms with Crippen LogP contribution in [-0.4, -0.2) is 67.8 Å². The Bertz CT molecular complexity index is 1180. The summed E-state index contributed by atoms with van der Waals surface area (Å²) in [6.07, 6.45) is -0.765. The van der Waals surface area contributed by atoms with Crippen LogP contribution >= 0.6 is 23.2 Å². The van der Waals surface area contributed by atoms with Crippen LogP contribution in [0, 0.1) is 6.92 Å². The first-order chi connectivity index (χ1) is 17.1. The summed E-state index contributed by atoms with van der Waals surface area (Å²) in [6.45, 7) is 2.23. The first-order valence-corrected chi connectivity index (χ1v) is 14.0. The van der Waals surface area contributed by atoms with Gasteiger partial charge in [0.25, 0.3) is 0 Å². The first-order valence-electron chi connectivity index (χ1n) is 11.8. The molecule has 4 rings (SSSR count). The van der Waals surface area contributed by atoms with Crippen LogP contribution in [0.15, 0.2) is 47.4 Å². The number of benzene rings is 2. The van der Waals surface area contributed by atoms with Crippen molar-refractivity contribution in [1.29, 1.82) is 0 Å². The minimum Gasteiger partial charge on any atom is -0.389 e. The molecule has 0 bridgehead atoms. The number of sulfonamides is 1. The summed E-state index contributed by atoms with van der Waals surface area (Å²) in [4.78, 5) is 12.7. The topological polar surface area (TPSA) is 105 Å². The number of ether oxygens (including phenoxy) is 2. The Labute approximate surface area is 221 Å².